The van der Waals surface area contributed by atoms with Crippen LogP contribution in [0.5, 0.6) is 0 Å². The van der Waals surface area contributed by atoms with Crippen molar-refractivity contribution in [2.45, 2.75) is 19.4 Å². The Balaban J connectivity index is 2.12. The molecule has 1 aliphatic rings. The van der Waals surface area contributed by atoms with E-state index in [4.69, 9.17) is 0 Å². The van der Waals surface area contributed by atoms with Crippen molar-refractivity contribution in [1.82, 2.24) is 9.80 Å². The summed E-state index contributed by atoms with van der Waals surface area (Å²) in [6.07, 6.45) is 0.357. The van der Waals surface area contributed by atoms with Gasteiger partial charge in [0.25, 0.3) is 0 Å². The van der Waals surface area contributed by atoms with Crippen LogP contribution in [0.1, 0.15) is 24.9 Å². The molecule has 0 radical (unpaired) electrons. The van der Waals surface area contributed by atoms with Crippen molar-refractivity contribution in [2.24, 2.45) is 0 Å². The SMILES string of the molecule is CC(=O)CCN1CC(c2cccc(F)c2)N(C)C1=O. The van der Waals surface area contributed by atoms with E-state index < -0.39 is 0 Å². The highest BCUT2D eigenvalue weighted by Gasteiger charge is 2.35. The molecule has 0 saturated carbocycles. The predicted octanol–water partition coefficient (Wildman–Crippen LogP) is 2.21. The predicted molar refractivity (Wildman–Crippen MR) is 69.2 cm³/mol. The molecular formula is C14H17FN2O2. The van der Waals surface area contributed by atoms with Gasteiger partial charge in [0.05, 0.1) is 6.04 Å². The molecule has 1 atom stereocenters. The molecule has 2 rings (SSSR count). The first-order valence-corrected chi connectivity index (χ1v) is 6.25. The topological polar surface area (TPSA) is 40.6 Å². The second-order valence-electron chi connectivity index (χ2n) is 4.86. The normalized spacial score (nSPS) is 19.1. The summed E-state index contributed by atoms with van der Waals surface area (Å²) in [6, 6.07) is 6.01. The summed E-state index contributed by atoms with van der Waals surface area (Å²) in [5.41, 5.74) is 0.779. The zero-order valence-electron chi connectivity index (χ0n) is 11.1. The van der Waals surface area contributed by atoms with Crippen LogP contribution in [0.25, 0.3) is 0 Å². The fraction of sp³-hybridized carbons (Fsp3) is 0.429. The smallest absolute Gasteiger partial charge is 0.320 e. The molecule has 102 valence electrons. The van der Waals surface area contributed by atoms with Crippen LogP contribution in [0.15, 0.2) is 24.3 Å². The Kier molecular flexibility index (Phi) is 3.83. The number of benzene rings is 1. The summed E-state index contributed by atoms with van der Waals surface area (Å²) in [6.45, 7) is 2.42. The van der Waals surface area contributed by atoms with Crippen LogP contribution < -0.4 is 0 Å². The van der Waals surface area contributed by atoms with Gasteiger partial charge in [0, 0.05) is 26.6 Å². The Hall–Kier alpha value is -1.91. The number of hydrogen-bond donors (Lipinski definition) is 0. The van der Waals surface area contributed by atoms with E-state index in [1.54, 1.807) is 22.9 Å². The highest BCUT2D eigenvalue weighted by molar-refractivity contribution is 5.79. The second-order valence-corrected chi connectivity index (χ2v) is 4.86. The summed E-state index contributed by atoms with van der Waals surface area (Å²) in [5.74, 6) is -0.245. The molecule has 1 aliphatic heterocycles. The molecule has 1 fully saturated rings. The maximum absolute atomic E-state index is 13.2. The van der Waals surface area contributed by atoms with Gasteiger partial charge in [-0.25, -0.2) is 9.18 Å². The van der Waals surface area contributed by atoms with Crippen molar-refractivity contribution in [3.8, 4) is 0 Å². The Labute approximate surface area is 111 Å². The molecule has 0 N–H and O–H groups in total. The Morgan fingerprint density at radius 2 is 2.21 bits per heavy atom. The maximum atomic E-state index is 13.2. The Morgan fingerprint density at radius 1 is 1.47 bits per heavy atom. The Bertz CT molecular complexity index is 504. The third-order valence-electron chi connectivity index (χ3n) is 3.40. The van der Waals surface area contributed by atoms with Crippen molar-refractivity contribution >= 4 is 11.8 Å². The van der Waals surface area contributed by atoms with Gasteiger partial charge >= 0.3 is 6.03 Å². The lowest BCUT2D eigenvalue weighted by Crippen LogP contribution is -2.31. The van der Waals surface area contributed by atoms with E-state index in [1.807, 2.05) is 6.07 Å². The third kappa shape index (κ3) is 2.92. The summed E-state index contributed by atoms with van der Waals surface area (Å²) >= 11 is 0. The molecule has 1 unspecified atom stereocenters. The van der Waals surface area contributed by atoms with Crippen LogP contribution in [0.4, 0.5) is 9.18 Å². The minimum atomic E-state index is -0.305. The fourth-order valence-electron chi connectivity index (χ4n) is 2.29. The standard InChI is InChI=1S/C14H17FN2O2/c1-10(18)6-7-17-9-13(16(2)14(17)19)11-4-3-5-12(15)8-11/h3-5,8,13H,6-7,9H2,1-2H3. The van der Waals surface area contributed by atoms with Gasteiger partial charge in [-0.05, 0) is 24.6 Å². The number of ketones is 1. The molecule has 19 heavy (non-hydrogen) atoms. The van der Waals surface area contributed by atoms with Gasteiger partial charge in [-0.1, -0.05) is 12.1 Å². The van der Waals surface area contributed by atoms with Crippen molar-refractivity contribution in [1.29, 1.82) is 0 Å². The first-order valence-electron chi connectivity index (χ1n) is 6.25. The number of nitrogens with zero attached hydrogens (tertiary/aromatic N) is 2. The van der Waals surface area contributed by atoms with Crippen LogP contribution in [0.3, 0.4) is 0 Å². The number of carbonyl (C=O) groups is 2. The van der Waals surface area contributed by atoms with Gasteiger partial charge in [-0.2, -0.15) is 0 Å². The Morgan fingerprint density at radius 3 is 2.84 bits per heavy atom. The van der Waals surface area contributed by atoms with Gasteiger partial charge in [-0.15, -0.1) is 0 Å². The number of halogens is 1. The molecule has 1 saturated heterocycles. The highest BCUT2D eigenvalue weighted by atomic mass is 19.1. The molecule has 5 heteroatoms. The molecule has 0 aromatic heterocycles. The van der Waals surface area contributed by atoms with E-state index >= 15 is 0 Å². The minimum absolute atomic E-state index is 0.0599. The van der Waals surface area contributed by atoms with Crippen LogP contribution in [0, 0.1) is 5.82 Å². The first-order chi connectivity index (χ1) is 8.99. The molecule has 1 aromatic carbocycles. The molecular weight excluding hydrogens is 247 g/mol. The monoisotopic (exact) mass is 264 g/mol. The van der Waals surface area contributed by atoms with Gasteiger partial charge < -0.3 is 9.80 Å². The number of urea groups is 1. The zero-order chi connectivity index (χ0) is 14.0. The summed E-state index contributed by atoms with van der Waals surface area (Å²) in [4.78, 5) is 26.2. The van der Waals surface area contributed by atoms with E-state index in [1.165, 1.54) is 19.1 Å². The number of likely N-dealkylation sites (N-methyl/N-ethyl adjacent to an activating group) is 1. The van der Waals surface area contributed by atoms with Gasteiger partial charge in [0.2, 0.25) is 0 Å². The highest BCUT2D eigenvalue weighted by Crippen LogP contribution is 2.28. The molecule has 0 aliphatic carbocycles. The van der Waals surface area contributed by atoms with Gasteiger partial charge in [-0.3, -0.25) is 4.79 Å². The summed E-state index contributed by atoms with van der Waals surface area (Å²) in [5, 5.41) is 0. The average molecular weight is 264 g/mol. The van der Waals surface area contributed by atoms with E-state index in [9.17, 15) is 14.0 Å². The summed E-state index contributed by atoms with van der Waals surface area (Å²) < 4.78 is 13.2. The largest absolute Gasteiger partial charge is 0.322 e. The fourth-order valence-corrected chi connectivity index (χ4v) is 2.29. The zero-order valence-corrected chi connectivity index (χ0v) is 11.1. The molecule has 1 aromatic rings. The number of rotatable bonds is 4. The number of amides is 2. The van der Waals surface area contributed by atoms with Crippen molar-refractivity contribution in [3.63, 3.8) is 0 Å². The first kappa shape index (κ1) is 13.5. The lowest BCUT2D eigenvalue weighted by atomic mass is 10.1. The van der Waals surface area contributed by atoms with E-state index in [-0.39, 0.29) is 23.7 Å². The van der Waals surface area contributed by atoms with Crippen molar-refractivity contribution < 1.29 is 14.0 Å². The number of hydrogen-bond acceptors (Lipinski definition) is 2. The van der Waals surface area contributed by atoms with Crippen molar-refractivity contribution in [3.05, 3.63) is 35.6 Å². The third-order valence-corrected chi connectivity index (χ3v) is 3.40. The molecule has 1 heterocycles. The van der Waals surface area contributed by atoms with Gasteiger partial charge in [0.15, 0.2) is 0 Å². The van der Waals surface area contributed by atoms with Gasteiger partial charge in [0.1, 0.15) is 11.6 Å². The molecule has 0 spiro atoms. The van der Waals surface area contributed by atoms with Crippen molar-refractivity contribution in [2.75, 3.05) is 20.1 Å². The minimum Gasteiger partial charge on any atom is -0.322 e. The van der Waals surface area contributed by atoms with Crippen LogP contribution >= 0.6 is 0 Å². The van der Waals surface area contributed by atoms with Crippen LogP contribution in [0.2, 0.25) is 0 Å². The van der Waals surface area contributed by atoms with Crippen LogP contribution in [-0.4, -0.2) is 41.8 Å². The second kappa shape index (κ2) is 5.38. The van der Waals surface area contributed by atoms with E-state index in [2.05, 4.69) is 0 Å². The lowest BCUT2D eigenvalue weighted by Gasteiger charge is -2.17. The van der Waals surface area contributed by atoms with Crippen LogP contribution in [-0.2, 0) is 4.79 Å². The molecule has 2 amide bonds. The maximum Gasteiger partial charge on any atom is 0.320 e. The number of carbonyl (C=O) groups excluding carboxylic acids is 2. The van der Waals surface area contributed by atoms with E-state index in [0.717, 1.165) is 5.56 Å². The average Bonchev–Trinajstić information content (AvgIpc) is 2.64. The number of Topliss-reactive ketones (excluding diaryl/α,β-unsaturated/α-hetero) is 1. The summed E-state index contributed by atoms with van der Waals surface area (Å²) in [7, 11) is 1.70. The quantitative estimate of drug-likeness (QED) is 0.836. The molecule has 0 bridgehead atoms. The molecule has 4 nitrogen and oxygen atoms in total. The lowest BCUT2D eigenvalue weighted by molar-refractivity contribution is -0.117. The van der Waals surface area contributed by atoms with E-state index in [0.29, 0.717) is 19.5 Å².